The van der Waals surface area contributed by atoms with E-state index < -0.39 is 0 Å². The van der Waals surface area contributed by atoms with Crippen LogP contribution in [0.25, 0.3) is 0 Å². The Morgan fingerprint density at radius 1 is 1.12 bits per heavy atom. The van der Waals surface area contributed by atoms with Gasteiger partial charge in [0.2, 0.25) is 11.8 Å². The van der Waals surface area contributed by atoms with E-state index in [-0.39, 0.29) is 24.7 Å². The minimum absolute atomic E-state index is 0.0658. The number of hydrogen-bond acceptors (Lipinski definition) is 4. The maximum Gasteiger partial charge on any atom is 0.240 e. The molecule has 6 heteroatoms. The second kappa shape index (κ2) is 8.57. The molecule has 2 aromatic rings. The summed E-state index contributed by atoms with van der Waals surface area (Å²) in [5, 5.41) is 6.62. The summed E-state index contributed by atoms with van der Waals surface area (Å²) in [6, 6.07) is 11.2. The first-order chi connectivity index (χ1) is 11.5. The van der Waals surface area contributed by atoms with E-state index in [1.165, 1.54) is 6.21 Å². The molecule has 1 aromatic heterocycles. The Morgan fingerprint density at radius 3 is 2.62 bits per heavy atom. The summed E-state index contributed by atoms with van der Waals surface area (Å²) in [6.07, 6.45) is 3.25. The molecule has 0 radical (unpaired) electrons. The molecule has 0 aliphatic heterocycles. The lowest BCUT2D eigenvalue weighted by molar-refractivity contribution is -0.124. The van der Waals surface area contributed by atoms with Crippen LogP contribution < -0.4 is 10.7 Å². The molecule has 2 amide bonds. The molecular formula is C18H20N4O2. The molecule has 1 aromatic carbocycles. The van der Waals surface area contributed by atoms with Crippen molar-refractivity contribution < 1.29 is 9.59 Å². The van der Waals surface area contributed by atoms with Gasteiger partial charge >= 0.3 is 0 Å². The third-order valence-corrected chi connectivity index (χ3v) is 3.31. The highest BCUT2D eigenvalue weighted by Gasteiger charge is 2.08. The van der Waals surface area contributed by atoms with Gasteiger partial charge in [0.05, 0.1) is 11.9 Å². The first kappa shape index (κ1) is 17.3. The molecule has 0 atom stereocenters. The van der Waals surface area contributed by atoms with E-state index in [1.54, 1.807) is 18.3 Å². The summed E-state index contributed by atoms with van der Waals surface area (Å²) in [5.41, 5.74) is 5.91. The van der Waals surface area contributed by atoms with Crippen LogP contribution in [0.4, 0.5) is 5.69 Å². The van der Waals surface area contributed by atoms with Crippen LogP contribution in [0.5, 0.6) is 0 Å². The van der Waals surface area contributed by atoms with Crippen molar-refractivity contribution in [3.63, 3.8) is 0 Å². The normalized spacial score (nSPS) is 10.6. The molecule has 2 N–H and O–H groups in total. The SMILES string of the molecule is Cc1ccc(NC(=O)CCC(=O)N/N=C\c2ccccn2)c(C)c1. The third kappa shape index (κ3) is 5.64. The minimum atomic E-state index is -0.321. The average Bonchev–Trinajstić information content (AvgIpc) is 2.56. The molecule has 1 heterocycles. The van der Waals surface area contributed by atoms with Crippen LogP contribution in [0.1, 0.15) is 29.7 Å². The zero-order valence-corrected chi connectivity index (χ0v) is 13.7. The van der Waals surface area contributed by atoms with Crippen molar-refractivity contribution in [1.29, 1.82) is 0 Å². The van der Waals surface area contributed by atoms with Gasteiger partial charge in [-0.25, -0.2) is 5.43 Å². The van der Waals surface area contributed by atoms with Crippen LogP contribution in [0.2, 0.25) is 0 Å². The predicted molar refractivity (Wildman–Crippen MR) is 93.8 cm³/mol. The molecule has 0 saturated carbocycles. The number of rotatable bonds is 6. The topological polar surface area (TPSA) is 83.5 Å². The fraction of sp³-hybridized carbons (Fsp3) is 0.222. The standard InChI is InChI=1S/C18H20N4O2/c1-13-6-7-16(14(2)11-13)21-17(23)8-9-18(24)22-20-12-15-5-3-4-10-19-15/h3-7,10-12H,8-9H2,1-2H3,(H,21,23)(H,22,24)/b20-12-. The highest BCUT2D eigenvalue weighted by Crippen LogP contribution is 2.16. The number of amides is 2. The van der Waals surface area contributed by atoms with Gasteiger partial charge in [0.15, 0.2) is 0 Å². The summed E-state index contributed by atoms with van der Waals surface area (Å²) >= 11 is 0. The Hall–Kier alpha value is -3.02. The summed E-state index contributed by atoms with van der Waals surface area (Å²) in [6.45, 7) is 3.93. The van der Waals surface area contributed by atoms with E-state index >= 15 is 0 Å². The van der Waals surface area contributed by atoms with Crippen LogP contribution in [0, 0.1) is 13.8 Å². The van der Waals surface area contributed by atoms with Crippen LogP contribution >= 0.6 is 0 Å². The van der Waals surface area contributed by atoms with Crippen LogP contribution in [0.3, 0.4) is 0 Å². The lowest BCUT2D eigenvalue weighted by Gasteiger charge is -2.08. The Labute approximate surface area is 141 Å². The summed E-state index contributed by atoms with van der Waals surface area (Å²) < 4.78 is 0. The maximum absolute atomic E-state index is 11.9. The second-order valence-corrected chi connectivity index (χ2v) is 5.41. The molecule has 0 spiro atoms. The Kier molecular flexibility index (Phi) is 6.19. The molecular weight excluding hydrogens is 304 g/mol. The molecule has 0 saturated heterocycles. The van der Waals surface area contributed by atoms with Crippen molar-refractivity contribution in [3.8, 4) is 0 Å². The number of anilines is 1. The average molecular weight is 324 g/mol. The van der Waals surface area contributed by atoms with Crippen LogP contribution in [0.15, 0.2) is 47.7 Å². The largest absolute Gasteiger partial charge is 0.326 e. The Bertz CT molecular complexity index is 742. The molecule has 6 nitrogen and oxygen atoms in total. The van der Waals surface area contributed by atoms with E-state index in [0.29, 0.717) is 5.69 Å². The van der Waals surface area contributed by atoms with Gasteiger partial charge in [0.1, 0.15) is 0 Å². The molecule has 124 valence electrons. The van der Waals surface area contributed by atoms with Gasteiger partial charge < -0.3 is 5.32 Å². The highest BCUT2D eigenvalue weighted by atomic mass is 16.2. The van der Waals surface area contributed by atoms with E-state index in [2.05, 4.69) is 20.8 Å². The number of carbonyl (C=O) groups excluding carboxylic acids is 2. The van der Waals surface area contributed by atoms with Crippen LogP contribution in [-0.2, 0) is 9.59 Å². The first-order valence-corrected chi connectivity index (χ1v) is 7.64. The quantitative estimate of drug-likeness (QED) is 0.633. The van der Waals surface area contributed by atoms with Crippen molar-refractivity contribution >= 4 is 23.7 Å². The smallest absolute Gasteiger partial charge is 0.240 e. The van der Waals surface area contributed by atoms with Crippen molar-refractivity contribution in [1.82, 2.24) is 10.4 Å². The number of hydrazone groups is 1. The van der Waals surface area contributed by atoms with Crippen molar-refractivity contribution in [3.05, 3.63) is 59.4 Å². The fourth-order valence-corrected chi connectivity index (χ4v) is 2.07. The fourth-order valence-electron chi connectivity index (χ4n) is 2.07. The molecule has 0 unspecified atom stereocenters. The summed E-state index contributed by atoms with van der Waals surface area (Å²) in [5.74, 6) is -0.524. The zero-order chi connectivity index (χ0) is 17.4. The lowest BCUT2D eigenvalue weighted by Crippen LogP contribution is -2.21. The first-order valence-electron chi connectivity index (χ1n) is 7.64. The van der Waals surface area contributed by atoms with Gasteiger partial charge in [0.25, 0.3) is 0 Å². The van der Waals surface area contributed by atoms with Crippen LogP contribution in [-0.4, -0.2) is 23.0 Å². The Morgan fingerprint density at radius 2 is 1.92 bits per heavy atom. The van der Waals surface area contributed by atoms with Gasteiger partial charge in [-0.1, -0.05) is 23.8 Å². The van der Waals surface area contributed by atoms with E-state index in [0.717, 1.165) is 16.8 Å². The number of nitrogens with one attached hydrogen (secondary N) is 2. The second-order valence-electron chi connectivity index (χ2n) is 5.41. The molecule has 24 heavy (non-hydrogen) atoms. The number of pyridine rings is 1. The number of nitrogens with zero attached hydrogens (tertiary/aromatic N) is 2. The van der Waals surface area contributed by atoms with E-state index in [4.69, 9.17) is 0 Å². The van der Waals surface area contributed by atoms with E-state index in [1.807, 2.05) is 38.1 Å². The van der Waals surface area contributed by atoms with Gasteiger partial charge in [-0.3, -0.25) is 14.6 Å². The molecule has 0 fully saturated rings. The summed E-state index contributed by atoms with van der Waals surface area (Å²) in [4.78, 5) is 27.6. The lowest BCUT2D eigenvalue weighted by atomic mass is 10.1. The number of carbonyl (C=O) groups is 2. The number of aryl methyl sites for hydroxylation is 2. The maximum atomic E-state index is 11.9. The van der Waals surface area contributed by atoms with Crippen molar-refractivity contribution in [2.75, 3.05) is 5.32 Å². The molecule has 0 aliphatic carbocycles. The highest BCUT2D eigenvalue weighted by molar-refractivity contribution is 5.94. The van der Waals surface area contributed by atoms with Gasteiger partial charge in [-0.15, -0.1) is 0 Å². The molecule has 0 aliphatic rings. The van der Waals surface area contributed by atoms with Gasteiger partial charge in [0, 0.05) is 24.7 Å². The monoisotopic (exact) mass is 324 g/mol. The van der Waals surface area contributed by atoms with E-state index in [9.17, 15) is 9.59 Å². The number of hydrogen-bond donors (Lipinski definition) is 2. The van der Waals surface area contributed by atoms with Gasteiger partial charge in [-0.2, -0.15) is 5.10 Å². The third-order valence-electron chi connectivity index (χ3n) is 3.31. The van der Waals surface area contributed by atoms with Gasteiger partial charge in [-0.05, 0) is 37.6 Å². The number of benzene rings is 1. The molecule has 0 bridgehead atoms. The summed E-state index contributed by atoms with van der Waals surface area (Å²) in [7, 11) is 0. The Balaban J connectivity index is 1.75. The van der Waals surface area contributed by atoms with Crippen molar-refractivity contribution in [2.45, 2.75) is 26.7 Å². The van der Waals surface area contributed by atoms with Crippen molar-refractivity contribution in [2.24, 2.45) is 5.10 Å². The zero-order valence-electron chi connectivity index (χ0n) is 13.7. The predicted octanol–water partition coefficient (Wildman–Crippen LogP) is 2.57. The number of aromatic nitrogens is 1. The molecule has 2 rings (SSSR count). The minimum Gasteiger partial charge on any atom is -0.326 e.